The molecular formula is C18H18N2OS. The molecule has 2 aromatic heterocycles. The molecule has 0 saturated heterocycles. The highest BCUT2D eigenvalue weighted by atomic mass is 32.1. The van der Waals surface area contributed by atoms with Crippen molar-refractivity contribution in [3.8, 4) is 0 Å². The zero-order chi connectivity index (χ0) is 15.4. The van der Waals surface area contributed by atoms with E-state index in [0.717, 1.165) is 12.0 Å². The second kappa shape index (κ2) is 6.62. The van der Waals surface area contributed by atoms with Crippen LogP contribution in [0.15, 0.2) is 53.4 Å². The summed E-state index contributed by atoms with van der Waals surface area (Å²) in [5, 5.41) is 8.17. The first-order valence-corrected chi connectivity index (χ1v) is 8.19. The Morgan fingerprint density at radius 2 is 2.23 bits per heavy atom. The van der Waals surface area contributed by atoms with Crippen molar-refractivity contribution >= 4 is 34.2 Å². The van der Waals surface area contributed by atoms with Crippen molar-refractivity contribution < 1.29 is 4.79 Å². The lowest BCUT2D eigenvalue weighted by Crippen LogP contribution is -2.23. The molecule has 0 spiro atoms. The van der Waals surface area contributed by atoms with E-state index in [1.807, 2.05) is 30.0 Å². The van der Waals surface area contributed by atoms with Crippen molar-refractivity contribution in [1.82, 2.24) is 9.88 Å². The highest BCUT2D eigenvalue weighted by Crippen LogP contribution is 2.16. The Morgan fingerprint density at radius 3 is 3.05 bits per heavy atom. The van der Waals surface area contributed by atoms with Crippen LogP contribution in [-0.2, 0) is 18.3 Å². The normalized spacial score (nSPS) is 11.3. The minimum atomic E-state index is -0.0491. The number of amides is 1. The van der Waals surface area contributed by atoms with Gasteiger partial charge in [-0.25, -0.2) is 0 Å². The monoisotopic (exact) mass is 310 g/mol. The van der Waals surface area contributed by atoms with Crippen LogP contribution in [0, 0.1) is 0 Å². The molecule has 0 aliphatic heterocycles. The highest BCUT2D eigenvalue weighted by Gasteiger charge is 2.01. The first-order chi connectivity index (χ1) is 10.7. The molecule has 3 nitrogen and oxygen atoms in total. The molecule has 2 heterocycles. The fourth-order valence-electron chi connectivity index (χ4n) is 2.42. The minimum Gasteiger partial charge on any atom is -0.352 e. The zero-order valence-electron chi connectivity index (χ0n) is 12.5. The van der Waals surface area contributed by atoms with Crippen LogP contribution in [-0.4, -0.2) is 17.0 Å². The van der Waals surface area contributed by atoms with E-state index in [0.29, 0.717) is 6.54 Å². The van der Waals surface area contributed by atoms with Gasteiger partial charge >= 0.3 is 0 Å². The molecule has 3 aromatic rings. The van der Waals surface area contributed by atoms with E-state index in [-0.39, 0.29) is 5.91 Å². The molecule has 22 heavy (non-hydrogen) atoms. The second-order valence-electron chi connectivity index (χ2n) is 5.25. The summed E-state index contributed by atoms with van der Waals surface area (Å²) in [4.78, 5) is 11.7. The number of nitrogens with one attached hydrogen (secondary N) is 1. The smallest absolute Gasteiger partial charge is 0.244 e. The van der Waals surface area contributed by atoms with Crippen LogP contribution >= 0.6 is 11.3 Å². The van der Waals surface area contributed by atoms with Crippen molar-refractivity contribution in [2.45, 2.75) is 6.42 Å². The van der Waals surface area contributed by atoms with E-state index in [1.54, 1.807) is 17.4 Å². The number of nitrogens with zero attached hydrogens (tertiary/aromatic N) is 1. The quantitative estimate of drug-likeness (QED) is 0.718. The van der Waals surface area contributed by atoms with Gasteiger partial charge in [-0.3, -0.25) is 4.79 Å². The van der Waals surface area contributed by atoms with Crippen LogP contribution in [0.1, 0.15) is 11.1 Å². The maximum Gasteiger partial charge on any atom is 0.244 e. The average molecular weight is 310 g/mol. The first kappa shape index (κ1) is 14.6. The first-order valence-electron chi connectivity index (χ1n) is 7.24. The van der Waals surface area contributed by atoms with Crippen LogP contribution in [0.25, 0.3) is 17.0 Å². The third-order valence-corrected chi connectivity index (χ3v) is 4.33. The summed E-state index contributed by atoms with van der Waals surface area (Å²) in [5.41, 5.74) is 3.53. The van der Waals surface area contributed by atoms with Gasteiger partial charge in [0.05, 0.1) is 0 Å². The maximum atomic E-state index is 11.7. The second-order valence-corrected chi connectivity index (χ2v) is 6.03. The summed E-state index contributed by atoms with van der Waals surface area (Å²) in [5.74, 6) is -0.0491. The Hall–Kier alpha value is -2.33. The maximum absolute atomic E-state index is 11.7. The van der Waals surface area contributed by atoms with Crippen molar-refractivity contribution in [2.24, 2.45) is 7.05 Å². The number of carbonyl (C=O) groups excluding carboxylic acids is 1. The lowest BCUT2D eigenvalue weighted by molar-refractivity contribution is -0.116. The molecule has 0 bridgehead atoms. The summed E-state index contributed by atoms with van der Waals surface area (Å²) in [7, 11) is 2.04. The zero-order valence-corrected chi connectivity index (χ0v) is 13.3. The van der Waals surface area contributed by atoms with Gasteiger partial charge in [-0.05, 0) is 64.0 Å². The predicted molar refractivity (Wildman–Crippen MR) is 93.0 cm³/mol. The number of hydrogen-bond acceptors (Lipinski definition) is 2. The molecule has 0 fully saturated rings. The summed E-state index contributed by atoms with van der Waals surface area (Å²) in [6.45, 7) is 0.644. The molecular weight excluding hydrogens is 292 g/mol. The lowest BCUT2D eigenvalue weighted by atomic mass is 10.1. The molecule has 0 aliphatic rings. The topological polar surface area (TPSA) is 34.0 Å². The largest absolute Gasteiger partial charge is 0.352 e. The molecule has 4 heteroatoms. The van der Waals surface area contributed by atoms with E-state index in [4.69, 9.17) is 0 Å². The standard InChI is InChI=1S/C18H18N2OS/c1-20-10-7-16-12-14(2-4-17(16)20)6-9-19-18(21)5-3-15-8-11-22-13-15/h2-5,7-8,10-13H,6,9H2,1H3,(H,19,21)/b5-3+. The predicted octanol–water partition coefficient (Wildman–Crippen LogP) is 3.61. The van der Waals surface area contributed by atoms with Crippen molar-refractivity contribution in [1.29, 1.82) is 0 Å². The third kappa shape index (κ3) is 3.46. The highest BCUT2D eigenvalue weighted by molar-refractivity contribution is 7.08. The number of rotatable bonds is 5. The van der Waals surface area contributed by atoms with Crippen molar-refractivity contribution in [2.75, 3.05) is 6.54 Å². The van der Waals surface area contributed by atoms with Crippen LogP contribution in [0.2, 0.25) is 0 Å². The number of aromatic nitrogens is 1. The van der Waals surface area contributed by atoms with E-state index in [1.165, 1.54) is 16.5 Å². The van der Waals surface area contributed by atoms with Crippen molar-refractivity contribution in [3.63, 3.8) is 0 Å². The number of carbonyl (C=O) groups is 1. The van der Waals surface area contributed by atoms with E-state index in [9.17, 15) is 4.79 Å². The van der Waals surface area contributed by atoms with Gasteiger partial charge in [0.2, 0.25) is 5.91 Å². The molecule has 1 N–H and O–H groups in total. The van der Waals surface area contributed by atoms with Gasteiger partial charge < -0.3 is 9.88 Å². The molecule has 1 aromatic carbocycles. The SMILES string of the molecule is Cn1ccc2cc(CCNC(=O)/C=C/c3ccsc3)ccc21. The van der Waals surface area contributed by atoms with E-state index < -0.39 is 0 Å². The average Bonchev–Trinajstić information content (AvgIpc) is 3.15. The van der Waals surface area contributed by atoms with E-state index >= 15 is 0 Å². The summed E-state index contributed by atoms with van der Waals surface area (Å²) in [6, 6.07) is 10.5. The Kier molecular flexibility index (Phi) is 4.39. The van der Waals surface area contributed by atoms with E-state index in [2.05, 4.69) is 40.3 Å². The van der Waals surface area contributed by atoms with Gasteiger partial charge in [0.1, 0.15) is 0 Å². The van der Waals surface area contributed by atoms with Crippen LogP contribution in [0.4, 0.5) is 0 Å². The minimum absolute atomic E-state index is 0.0491. The Balaban J connectivity index is 1.52. The van der Waals surface area contributed by atoms with Gasteiger partial charge in [0, 0.05) is 31.4 Å². The van der Waals surface area contributed by atoms with Crippen LogP contribution in [0.5, 0.6) is 0 Å². The Labute approximate surface area is 133 Å². The molecule has 3 rings (SSSR count). The molecule has 0 saturated carbocycles. The van der Waals surface area contributed by atoms with Crippen LogP contribution in [0.3, 0.4) is 0 Å². The fourth-order valence-corrected chi connectivity index (χ4v) is 3.05. The Morgan fingerprint density at radius 1 is 1.32 bits per heavy atom. The molecule has 0 unspecified atom stereocenters. The number of aryl methyl sites for hydroxylation is 1. The van der Waals surface area contributed by atoms with Crippen molar-refractivity contribution in [3.05, 3.63) is 64.5 Å². The third-order valence-electron chi connectivity index (χ3n) is 3.63. The number of thiophene rings is 1. The Bertz CT molecular complexity index is 800. The molecule has 112 valence electrons. The van der Waals surface area contributed by atoms with Gasteiger partial charge in [-0.2, -0.15) is 11.3 Å². The number of fused-ring (bicyclic) bond motifs is 1. The molecule has 0 aliphatic carbocycles. The van der Waals surface area contributed by atoms with Gasteiger partial charge in [-0.15, -0.1) is 0 Å². The molecule has 1 amide bonds. The van der Waals surface area contributed by atoms with Crippen LogP contribution < -0.4 is 5.32 Å². The van der Waals surface area contributed by atoms with Gasteiger partial charge in [-0.1, -0.05) is 6.07 Å². The summed E-state index contributed by atoms with van der Waals surface area (Å²) in [6.07, 6.45) is 6.32. The summed E-state index contributed by atoms with van der Waals surface area (Å²) < 4.78 is 2.11. The lowest BCUT2D eigenvalue weighted by Gasteiger charge is -2.04. The van der Waals surface area contributed by atoms with Gasteiger partial charge in [0.15, 0.2) is 0 Å². The summed E-state index contributed by atoms with van der Waals surface area (Å²) >= 11 is 1.62. The molecule has 0 radical (unpaired) electrons. The fraction of sp³-hybridized carbons (Fsp3) is 0.167. The number of benzene rings is 1. The van der Waals surface area contributed by atoms with Gasteiger partial charge in [0.25, 0.3) is 0 Å². The number of hydrogen-bond donors (Lipinski definition) is 1. The molecule has 0 atom stereocenters.